The molecule has 0 heterocycles. The standard InChI is InChI=1S/C25H30Cl2N2O2S/c1-18(25(31)28-21-10-6-3-7-11-21)29(15-19-8-4-2-5-9-19)24(30)17-32-16-20-12-13-22(26)23(27)14-20/h2,4-5,8-9,12-14,18,21H,3,6-7,10-11,15-17H2,1H3,(H,28,31)/t18-/m0/s1. The summed E-state index contributed by atoms with van der Waals surface area (Å²) < 4.78 is 0. The van der Waals surface area contributed by atoms with Gasteiger partial charge in [0.1, 0.15) is 6.04 Å². The predicted molar refractivity (Wildman–Crippen MR) is 134 cm³/mol. The van der Waals surface area contributed by atoms with Crippen molar-refractivity contribution in [1.82, 2.24) is 10.2 Å². The van der Waals surface area contributed by atoms with Crippen molar-refractivity contribution in [3.05, 3.63) is 69.7 Å². The average Bonchev–Trinajstić information content (AvgIpc) is 2.80. The van der Waals surface area contributed by atoms with E-state index in [1.807, 2.05) is 49.4 Å². The van der Waals surface area contributed by atoms with Crippen LogP contribution in [0.2, 0.25) is 10.0 Å². The van der Waals surface area contributed by atoms with Crippen LogP contribution in [0.5, 0.6) is 0 Å². The van der Waals surface area contributed by atoms with Gasteiger partial charge in [0, 0.05) is 18.3 Å². The maximum absolute atomic E-state index is 13.2. The summed E-state index contributed by atoms with van der Waals surface area (Å²) >= 11 is 13.6. The molecule has 0 spiro atoms. The third-order valence-electron chi connectivity index (χ3n) is 5.79. The summed E-state index contributed by atoms with van der Waals surface area (Å²) in [6.45, 7) is 2.23. The lowest BCUT2D eigenvalue weighted by Gasteiger charge is -2.31. The molecule has 0 unspecified atom stereocenters. The van der Waals surface area contributed by atoms with Gasteiger partial charge in [0.2, 0.25) is 11.8 Å². The van der Waals surface area contributed by atoms with Crippen molar-refractivity contribution in [2.75, 3.05) is 5.75 Å². The second-order valence-corrected chi connectivity index (χ2v) is 10.1. The van der Waals surface area contributed by atoms with Crippen LogP contribution in [0.15, 0.2) is 48.5 Å². The van der Waals surface area contributed by atoms with Gasteiger partial charge in [-0.1, -0.05) is 78.9 Å². The van der Waals surface area contributed by atoms with Crippen LogP contribution in [0, 0.1) is 0 Å². The summed E-state index contributed by atoms with van der Waals surface area (Å²) in [4.78, 5) is 27.8. The monoisotopic (exact) mass is 492 g/mol. The molecule has 1 atom stereocenters. The number of carbonyl (C=O) groups excluding carboxylic acids is 2. The van der Waals surface area contributed by atoms with Gasteiger partial charge in [0.15, 0.2) is 0 Å². The number of halogens is 2. The van der Waals surface area contributed by atoms with E-state index in [0.717, 1.165) is 36.8 Å². The molecule has 2 aromatic rings. The number of benzene rings is 2. The van der Waals surface area contributed by atoms with Crippen molar-refractivity contribution < 1.29 is 9.59 Å². The van der Waals surface area contributed by atoms with Crippen molar-refractivity contribution >= 4 is 46.8 Å². The van der Waals surface area contributed by atoms with Crippen LogP contribution in [0.3, 0.4) is 0 Å². The average molecular weight is 494 g/mol. The quantitative estimate of drug-likeness (QED) is 0.460. The summed E-state index contributed by atoms with van der Waals surface area (Å²) in [6.07, 6.45) is 5.57. The molecular weight excluding hydrogens is 463 g/mol. The molecule has 172 valence electrons. The Kier molecular flexibility index (Phi) is 9.76. The molecule has 2 amide bonds. The molecule has 4 nitrogen and oxygen atoms in total. The number of hydrogen-bond donors (Lipinski definition) is 1. The fourth-order valence-corrected chi connectivity index (χ4v) is 5.08. The Morgan fingerprint density at radius 1 is 1.03 bits per heavy atom. The normalized spacial score (nSPS) is 15.2. The Morgan fingerprint density at radius 3 is 2.44 bits per heavy atom. The number of rotatable bonds is 9. The Hall–Kier alpha value is -1.69. The van der Waals surface area contributed by atoms with Crippen LogP contribution in [-0.2, 0) is 21.9 Å². The largest absolute Gasteiger partial charge is 0.352 e. The Bertz CT molecular complexity index is 904. The zero-order valence-corrected chi connectivity index (χ0v) is 20.7. The maximum atomic E-state index is 13.2. The van der Waals surface area contributed by atoms with E-state index in [4.69, 9.17) is 23.2 Å². The number of carbonyl (C=O) groups is 2. The third kappa shape index (κ3) is 7.43. The molecule has 0 radical (unpaired) electrons. The van der Waals surface area contributed by atoms with E-state index in [1.165, 1.54) is 18.2 Å². The lowest BCUT2D eigenvalue weighted by molar-refractivity contribution is -0.139. The number of nitrogens with zero attached hydrogens (tertiary/aromatic N) is 1. The second kappa shape index (κ2) is 12.5. The molecule has 0 aromatic heterocycles. The molecule has 1 fully saturated rings. The first kappa shape index (κ1) is 24.9. The minimum atomic E-state index is -0.532. The molecule has 1 N–H and O–H groups in total. The molecule has 32 heavy (non-hydrogen) atoms. The number of thioether (sulfide) groups is 1. The van der Waals surface area contributed by atoms with Crippen LogP contribution < -0.4 is 5.32 Å². The van der Waals surface area contributed by atoms with Gasteiger partial charge in [-0.25, -0.2) is 0 Å². The van der Waals surface area contributed by atoms with Gasteiger partial charge in [-0.2, -0.15) is 0 Å². The first-order chi connectivity index (χ1) is 15.4. The first-order valence-electron chi connectivity index (χ1n) is 11.1. The van der Waals surface area contributed by atoms with E-state index >= 15 is 0 Å². The van der Waals surface area contributed by atoms with E-state index in [1.54, 1.807) is 11.0 Å². The summed E-state index contributed by atoms with van der Waals surface area (Å²) in [5.41, 5.74) is 2.02. The van der Waals surface area contributed by atoms with Crippen LogP contribution in [0.1, 0.15) is 50.2 Å². The second-order valence-electron chi connectivity index (χ2n) is 8.27. The molecule has 3 rings (SSSR count). The summed E-state index contributed by atoms with van der Waals surface area (Å²) in [6, 6.07) is 15.0. The van der Waals surface area contributed by atoms with Gasteiger partial charge in [-0.05, 0) is 43.0 Å². The molecule has 0 saturated heterocycles. The zero-order chi connectivity index (χ0) is 22.9. The zero-order valence-electron chi connectivity index (χ0n) is 18.4. The molecule has 1 saturated carbocycles. The Balaban J connectivity index is 1.63. The van der Waals surface area contributed by atoms with Crippen molar-refractivity contribution in [3.8, 4) is 0 Å². The summed E-state index contributed by atoms with van der Waals surface area (Å²) in [7, 11) is 0. The van der Waals surface area contributed by atoms with Gasteiger partial charge in [-0.3, -0.25) is 9.59 Å². The van der Waals surface area contributed by atoms with E-state index in [9.17, 15) is 9.59 Å². The van der Waals surface area contributed by atoms with Crippen LogP contribution in [0.4, 0.5) is 0 Å². The van der Waals surface area contributed by atoms with Gasteiger partial charge in [0.05, 0.1) is 15.8 Å². The SMILES string of the molecule is C[C@@H](C(=O)NC1CCCCC1)N(Cc1ccccc1)C(=O)CSCc1ccc(Cl)c(Cl)c1. The smallest absolute Gasteiger partial charge is 0.242 e. The highest BCUT2D eigenvalue weighted by atomic mass is 35.5. The summed E-state index contributed by atoms with van der Waals surface area (Å²) in [5.74, 6) is 0.805. The lowest BCUT2D eigenvalue weighted by atomic mass is 9.95. The molecule has 0 bridgehead atoms. The minimum absolute atomic E-state index is 0.0507. The summed E-state index contributed by atoms with van der Waals surface area (Å²) in [5, 5.41) is 4.19. The van der Waals surface area contributed by atoms with Gasteiger partial charge in [-0.15, -0.1) is 11.8 Å². The van der Waals surface area contributed by atoms with Crippen molar-refractivity contribution in [1.29, 1.82) is 0 Å². The highest BCUT2D eigenvalue weighted by Gasteiger charge is 2.28. The van der Waals surface area contributed by atoms with Crippen LogP contribution in [0.25, 0.3) is 0 Å². The minimum Gasteiger partial charge on any atom is -0.352 e. The number of nitrogens with one attached hydrogen (secondary N) is 1. The van der Waals surface area contributed by atoms with Crippen molar-refractivity contribution in [2.24, 2.45) is 0 Å². The van der Waals surface area contributed by atoms with Gasteiger partial charge in [0.25, 0.3) is 0 Å². The number of hydrogen-bond acceptors (Lipinski definition) is 3. The highest BCUT2D eigenvalue weighted by molar-refractivity contribution is 7.99. The van der Waals surface area contributed by atoms with Gasteiger partial charge >= 0.3 is 0 Å². The lowest BCUT2D eigenvalue weighted by Crippen LogP contribution is -2.50. The number of amides is 2. The molecule has 1 aliphatic rings. The molecule has 0 aliphatic heterocycles. The van der Waals surface area contributed by atoms with E-state index in [2.05, 4.69) is 5.32 Å². The topological polar surface area (TPSA) is 49.4 Å². The molecule has 1 aliphatic carbocycles. The third-order valence-corrected chi connectivity index (χ3v) is 7.52. The Labute approximate surface area is 205 Å². The van der Waals surface area contributed by atoms with Crippen molar-refractivity contribution in [3.63, 3.8) is 0 Å². The molecule has 7 heteroatoms. The highest BCUT2D eigenvalue weighted by Crippen LogP contribution is 2.25. The van der Waals surface area contributed by atoms with Gasteiger partial charge < -0.3 is 10.2 Å². The van der Waals surface area contributed by atoms with E-state index in [0.29, 0.717) is 22.3 Å². The van der Waals surface area contributed by atoms with E-state index in [-0.39, 0.29) is 23.6 Å². The molecular formula is C25H30Cl2N2O2S. The fourth-order valence-electron chi connectivity index (χ4n) is 3.90. The van der Waals surface area contributed by atoms with Crippen molar-refractivity contribution in [2.45, 2.75) is 63.4 Å². The van der Waals surface area contributed by atoms with Crippen LogP contribution >= 0.6 is 35.0 Å². The van der Waals surface area contributed by atoms with E-state index < -0.39 is 6.04 Å². The molecule has 2 aromatic carbocycles. The van der Waals surface area contributed by atoms with Crippen LogP contribution in [-0.4, -0.2) is 34.6 Å². The fraction of sp³-hybridized carbons (Fsp3) is 0.440. The predicted octanol–water partition coefficient (Wildman–Crippen LogP) is 6.09. The Morgan fingerprint density at radius 2 is 1.75 bits per heavy atom. The maximum Gasteiger partial charge on any atom is 0.242 e. The first-order valence-corrected chi connectivity index (χ1v) is 13.0.